The Labute approximate surface area is 168 Å². The molecule has 7 nitrogen and oxygen atoms in total. The van der Waals surface area contributed by atoms with Crippen molar-refractivity contribution in [3.8, 4) is 5.95 Å². The number of benzene rings is 1. The highest BCUT2D eigenvalue weighted by Gasteiger charge is 2.18. The van der Waals surface area contributed by atoms with Crippen molar-refractivity contribution in [3.63, 3.8) is 0 Å². The normalized spacial score (nSPS) is 11.0. The van der Waals surface area contributed by atoms with Crippen molar-refractivity contribution in [2.24, 2.45) is 0 Å². The van der Waals surface area contributed by atoms with Crippen LogP contribution in [0.1, 0.15) is 28.3 Å². The van der Waals surface area contributed by atoms with Gasteiger partial charge in [-0.05, 0) is 52.0 Å². The summed E-state index contributed by atoms with van der Waals surface area (Å²) in [6, 6.07) is 13.5. The Hall–Kier alpha value is -3.61. The summed E-state index contributed by atoms with van der Waals surface area (Å²) in [5.74, 6) is 0.917. The fourth-order valence-corrected chi connectivity index (χ4v) is 3.41. The van der Waals surface area contributed by atoms with Crippen molar-refractivity contribution in [3.05, 3.63) is 70.8 Å². The van der Waals surface area contributed by atoms with E-state index in [-0.39, 0.29) is 12.3 Å². The van der Waals surface area contributed by atoms with Crippen molar-refractivity contribution >= 4 is 22.6 Å². The molecule has 0 aliphatic carbocycles. The third-order valence-electron chi connectivity index (χ3n) is 4.80. The average molecular weight is 386 g/mol. The second-order valence-corrected chi connectivity index (χ2v) is 7.13. The van der Waals surface area contributed by atoms with E-state index in [0.29, 0.717) is 11.8 Å². The van der Waals surface area contributed by atoms with Gasteiger partial charge in [0, 0.05) is 28.0 Å². The summed E-state index contributed by atoms with van der Waals surface area (Å²) in [7, 11) is 0. The molecule has 1 aromatic carbocycles. The van der Waals surface area contributed by atoms with Gasteiger partial charge in [0.25, 0.3) is 5.95 Å². The van der Waals surface area contributed by atoms with Crippen LogP contribution < -0.4 is 5.32 Å². The molecular weight excluding hydrogens is 364 g/mol. The number of aromatic nitrogens is 5. The van der Waals surface area contributed by atoms with Crippen LogP contribution in [-0.4, -0.2) is 30.6 Å². The zero-order valence-corrected chi connectivity index (χ0v) is 16.9. The molecule has 0 saturated heterocycles. The molecule has 7 heteroatoms. The smallest absolute Gasteiger partial charge is 0.251 e. The first-order valence-electron chi connectivity index (χ1n) is 9.44. The Morgan fingerprint density at radius 2 is 1.69 bits per heavy atom. The number of hydrogen-bond donors (Lipinski definition) is 1. The predicted molar refractivity (Wildman–Crippen MR) is 112 cm³/mol. The number of para-hydroxylation sites is 1. The molecular formula is C22H22N6O. The highest BCUT2D eigenvalue weighted by Crippen LogP contribution is 2.19. The summed E-state index contributed by atoms with van der Waals surface area (Å²) < 4.78 is 1.70. The Balaban J connectivity index is 1.57. The first-order chi connectivity index (χ1) is 13.9. The van der Waals surface area contributed by atoms with Gasteiger partial charge in [0.1, 0.15) is 5.82 Å². The topological polar surface area (TPSA) is 85.6 Å². The SMILES string of the molecule is Cc1cc(C)nc(-n2nc(C)c(CC(=O)Nc3ccc4ccccc4n3)c2C)n1. The van der Waals surface area contributed by atoms with Gasteiger partial charge in [0.05, 0.1) is 17.6 Å². The minimum atomic E-state index is -0.139. The number of anilines is 1. The molecule has 0 unspecified atom stereocenters. The van der Waals surface area contributed by atoms with Crippen molar-refractivity contribution in [2.45, 2.75) is 34.1 Å². The number of amides is 1. The van der Waals surface area contributed by atoms with Gasteiger partial charge in [-0.3, -0.25) is 4.79 Å². The van der Waals surface area contributed by atoms with E-state index < -0.39 is 0 Å². The minimum Gasteiger partial charge on any atom is -0.310 e. The van der Waals surface area contributed by atoms with Crippen molar-refractivity contribution in [2.75, 3.05) is 5.32 Å². The third-order valence-corrected chi connectivity index (χ3v) is 4.80. The quantitative estimate of drug-likeness (QED) is 0.579. The Kier molecular flexibility index (Phi) is 4.80. The second kappa shape index (κ2) is 7.43. The number of aryl methyl sites for hydroxylation is 3. The van der Waals surface area contributed by atoms with Crippen LogP contribution in [0.2, 0.25) is 0 Å². The summed E-state index contributed by atoms with van der Waals surface area (Å²) in [5, 5.41) is 8.48. The van der Waals surface area contributed by atoms with Crippen LogP contribution in [0.4, 0.5) is 5.82 Å². The van der Waals surface area contributed by atoms with Gasteiger partial charge in [0.15, 0.2) is 0 Å². The van der Waals surface area contributed by atoms with E-state index in [4.69, 9.17) is 0 Å². The molecule has 0 aliphatic heterocycles. The molecule has 146 valence electrons. The van der Waals surface area contributed by atoms with Crippen molar-refractivity contribution < 1.29 is 4.79 Å². The fourth-order valence-electron chi connectivity index (χ4n) is 3.41. The molecule has 0 radical (unpaired) electrons. The van der Waals surface area contributed by atoms with Gasteiger partial charge in [-0.1, -0.05) is 18.2 Å². The number of carbonyl (C=O) groups excluding carboxylic acids is 1. The van der Waals surface area contributed by atoms with Crippen LogP contribution in [0.5, 0.6) is 0 Å². The number of pyridine rings is 1. The van der Waals surface area contributed by atoms with Gasteiger partial charge < -0.3 is 5.32 Å². The van der Waals surface area contributed by atoms with Crippen LogP contribution in [-0.2, 0) is 11.2 Å². The first kappa shape index (κ1) is 18.7. The van der Waals surface area contributed by atoms with Gasteiger partial charge in [0.2, 0.25) is 5.91 Å². The van der Waals surface area contributed by atoms with E-state index in [1.54, 1.807) is 4.68 Å². The van der Waals surface area contributed by atoms with Crippen molar-refractivity contribution in [1.29, 1.82) is 0 Å². The summed E-state index contributed by atoms with van der Waals surface area (Å²) >= 11 is 0. The third kappa shape index (κ3) is 3.85. The molecule has 0 atom stereocenters. The predicted octanol–water partition coefficient (Wildman–Crippen LogP) is 3.63. The number of nitrogens with zero attached hydrogens (tertiary/aromatic N) is 5. The summed E-state index contributed by atoms with van der Waals surface area (Å²) in [4.78, 5) is 26.1. The molecule has 4 rings (SSSR count). The monoisotopic (exact) mass is 386 g/mol. The molecule has 29 heavy (non-hydrogen) atoms. The highest BCUT2D eigenvalue weighted by molar-refractivity contribution is 5.93. The largest absolute Gasteiger partial charge is 0.310 e. The number of nitrogens with one attached hydrogen (secondary N) is 1. The molecule has 0 fully saturated rings. The fraction of sp³-hybridized carbons (Fsp3) is 0.227. The van der Waals surface area contributed by atoms with Crippen LogP contribution >= 0.6 is 0 Å². The standard InChI is InChI=1S/C22H22N6O/c1-13-11-14(2)24-22(23-13)28-16(4)18(15(3)27-28)12-21(29)26-20-10-9-17-7-5-6-8-19(17)25-20/h5-11H,12H2,1-4H3,(H,25,26,29). The van der Waals surface area contributed by atoms with E-state index in [1.165, 1.54) is 0 Å². The molecule has 1 amide bonds. The zero-order chi connectivity index (χ0) is 20.5. The Morgan fingerprint density at radius 3 is 2.45 bits per heavy atom. The van der Waals surface area contributed by atoms with Gasteiger partial charge in [-0.2, -0.15) is 5.10 Å². The van der Waals surface area contributed by atoms with Gasteiger partial charge >= 0.3 is 0 Å². The molecule has 0 aliphatic rings. The lowest BCUT2D eigenvalue weighted by Gasteiger charge is -2.07. The number of rotatable bonds is 4. The number of fused-ring (bicyclic) bond motifs is 1. The van der Waals surface area contributed by atoms with Crippen molar-refractivity contribution in [1.82, 2.24) is 24.7 Å². The summed E-state index contributed by atoms with van der Waals surface area (Å²) in [5.41, 5.74) is 5.10. The van der Waals surface area contributed by atoms with Crippen LogP contribution in [0.25, 0.3) is 16.9 Å². The van der Waals surface area contributed by atoms with E-state index in [1.807, 2.05) is 70.2 Å². The van der Waals surface area contributed by atoms with Crippen LogP contribution in [0, 0.1) is 27.7 Å². The maximum absolute atomic E-state index is 12.7. The van der Waals surface area contributed by atoms with Gasteiger partial charge in [-0.15, -0.1) is 0 Å². The minimum absolute atomic E-state index is 0.139. The van der Waals surface area contributed by atoms with E-state index in [0.717, 1.165) is 39.2 Å². The molecule has 0 spiro atoms. The Bertz CT molecular complexity index is 1210. The average Bonchev–Trinajstić information content (AvgIpc) is 2.95. The lowest BCUT2D eigenvalue weighted by atomic mass is 10.1. The molecule has 0 bridgehead atoms. The second-order valence-electron chi connectivity index (χ2n) is 7.13. The summed E-state index contributed by atoms with van der Waals surface area (Å²) in [6.07, 6.45) is 0.205. The maximum atomic E-state index is 12.7. The van der Waals surface area contributed by atoms with E-state index in [2.05, 4.69) is 25.4 Å². The first-order valence-corrected chi connectivity index (χ1v) is 9.44. The maximum Gasteiger partial charge on any atom is 0.251 e. The van der Waals surface area contributed by atoms with E-state index in [9.17, 15) is 4.79 Å². The molecule has 3 heterocycles. The van der Waals surface area contributed by atoms with Crippen LogP contribution in [0.3, 0.4) is 0 Å². The lowest BCUT2D eigenvalue weighted by molar-refractivity contribution is -0.115. The Morgan fingerprint density at radius 1 is 0.966 bits per heavy atom. The number of carbonyl (C=O) groups is 1. The lowest BCUT2D eigenvalue weighted by Crippen LogP contribution is -2.16. The molecule has 4 aromatic rings. The molecule has 1 N–H and O–H groups in total. The molecule has 0 saturated carbocycles. The zero-order valence-electron chi connectivity index (χ0n) is 16.9. The molecule has 3 aromatic heterocycles. The van der Waals surface area contributed by atoms with E-state index >= 15 is 0 Å². The highest BCUT2D eigenvalue weighted by atomic mass is 16.1. The van der Waals surface area contributed by atoms with Crippen LogP contribution in [0.15, 0.2) is 42.5 Å². The number of hydrogen-bond acceptors (Lipinski definition) is 5. The summed E-state index contributed by atoms with van der Waals surface area (Å²) in [6.45, 7) is 7.67. The van der Waals surface area contributed by atoms with Gasteiger partial charge in [-0.25, -0.2) is 19.6 Å².